The van der Waals surface area contributed by atoms with Crippen LogP contribution in [0.4, 0.5) is 0 Å². The molecule has 5 nitrogen and oxygen atoms in total. The summed E-state index contributed by atoms with van der Waals surface area (Å²) in [6, 6.07) is 2.14. The van der Waals surface area contributed by atoms with Gasteiger partial charge in [-0.05, 0) is 19.8 Å². The van der Waals surface area contributed by atoms with E-state index in [1.807, 2.05) is 11.8 Å². The molecule has 5 heteroatoms. The molecule has 1 unspecified atom stereocenters. The maximum Gasteiger partial charge on any atom is 0.254 e. The summed E-state index contributed by atoms with van der Waals surface area (Å²) in [6.45, 7) is 6.03. The first-order valence-corrected chi connectivity index (χ1v) is 6.18. The number of carbonyl (C=O) groups is 1. The Hall–Kier alpha value is -1.12. The molecule has 2 heterocycles. The van der Waals surface area contributed by atoms with Crippen molar-refractivity contribution < 1.29 is 9.53 Å². The van der Waals surface area contributed by atoms with E-state index in [1.54, 1.807) is 0 Å². The van der Waals surface area contributed by atoms with Crippen molar-refractivity contribution in [1.82, 2.24) is 9.80 Å². The lowest BCUT2D eigenvalue weighted by atomic mass is 10.0. The van der Waals surface area contributed by atoms with Crippen molar-refractivity contribution in [2.45, 2.75) is 25.4 Å². The number of amides is 1. The predicted molar refractivity (Wildman–Crippen MR) is 62.2 cm³/mol. The molecule has 2 aliphatic heterocycles. The lowest BCUT2D eigenvalue weighted by Crippen LogP contribution is -2.54. The highest BCUT2D eigenvalue weighted by Crippen LogP contribution is 2.27. The molecule has 0 radical (unpaired) electrons. The zero-order valence-electron chi connectivity index (χ0n) is 10.3. The molecule has 94 valence electrons. The van der Waals surface area contributed by atoms with E-state index in [4.69, 9.17) is 10.00 Å². The van der Waals surface area contributed by atoms with Crippen LogP contribution in [0.15, 0.2) is 0 Å². The lowest BCUT2D eigenvalue weighted by molar-refractivity contribution is -0.152. The number of nitrogens with zero attached hydrogens (tertiary/aromatic N) is 3. The van der Waals surface area contributed by atoms with Crippen LogP contribution in [-0.2, 0) is 9.53 Å². The minimum Gasteiger partial charge on any atom is -0.365 e. The number of hydrogen-bond acceptors (Lipinski definition) is 4. The summed E-state index contributed by atoms with van der Waals surface area (Å²) in [5.74, 6) is 0.117. The third kappa shape index (κ3) is 2.59. The number of ether oxygens (including phenoxy) is 1. The Labute approximate surface area is 102 Å². The van der Waals surface area contributed by atoms with Crippen LogP contribution in [0.25, 0.3) is 0 Å². The van der Waals surface area contributed by atoms with Gasteiger partial charge in [-0.3, -0.25) is 9.69 Å². The van der Waals surface area contributed by atoms with Crippen molar-refractivity contribution in [2.24, 2.45) is 0 Å². The monoisotopic (exact) mass is 237 g/mol. The van der Waals surface area contributed by atoms with Gasteiger partial charge in [-0.25, -0.2) is 0 Å². The second-order valence-electron chi connectivity index (χ2n) is 4.91. The molecule has 2 saturated heterocycles. The van der Waals surface area contributed by atoms with E-state index >= 15 is 0 Å². The Morgan fingerprint density at radius 3 is 2.65 bits per heavy atom. The van der Waals surface area contributed by atoms with Crippen LogP contribution >= 0.6 is 0 Å². The first kappa shape index (κ1) is 12.3. The lowest BCUT2D eigenvalue weighted by Gasteiger charge is -2.37. The van der Waals surface area contributed by atoms with Gasteiger partial charge in [-0.2, -0.15) is 5.26 Å². The zero-order valence-corrected chi connectivity index (χ0v) is 10.3. The summed E-state index contributed by atoms with van der Waals surface area (Å²) in [7, 11) is 0. The van der Waals surface area contributed by atoms with Crippen LogP contribution in [0.5, 0.6) is 0 Å². The molecule has 2 rings (SSSR count). The number of nitriles is 1. The van der Waals surface area contributed by atoms with Crippen molar-refractivity contribution in [1.29, 1.82) is 5.26 Å². The summed E-state index contributed by atoms with van der Waals surface area (Å²) < 4.78 is 5.57. The number of rotatable bonds is 2. The SMILES string of the molecule is CC1(C(=O)N2CCN(CC#N)CC2)CCCO1. The fourth-order valence-electron chi connectivity index (χ4n) is 2.49. The van der Waals surface area contributed by atoms with Crippen LogP contribution in [0.2, 0.25) is 0 Å². The molecule has 2 fully saturated rings. The van der Waals surface area contributed by atoms with Gasteiger partial charge in [0.05, 0.1) is 12.6 Å². The highest BCUT2D eigenvalue weighted by molar-refractivity contribution is 5.85. The van der Waals surface area contributed by atoms with E-state index < -0.39 is 5.60 Å². The van der Waals surface area contributed by atoms with E-state index in [0.717, 1.165) is 25.9 Å². The van der Waals surface area contributed by atoms with Gasteiger partial charge in [-0.1, -0.05) is 0 Å². The molecule has 0 saturated carbocycles. The van der Waals surface area contributed by atoms with Crippen LogP contribution in [0.3, 0.4) is 0 Å². The Kier molecular flexibility index (Phi) is 3.65. The summed E-state index contributed by atoms with van der Waals surface area (Å²) in [4.78, 5) is 16.2. The van der Waals surface area contributed by atoms with Crippen LogP contribution < -0.4 is 0 Å². The van der Waals surface area contributed by atoms with Crippen molar-refractivity contribution >= 4 is 5.91 Å². The minimum absolute atomic E-state index is 0.117. The summed E-state index contributed by atoms with van der Waals surface area (Å²) in [6.07, 6.45) is 1.79. The van der Waals surface area contributed by atoms with Crippen LogP contribution in [0, 0.1) is 11.3 Å². The molecular formula is C12H19N3O2. The summed E-state index contributed by atoms with van der Waals surface area (Å²) in [5, 5.41) is 8.62. The van der Waals surface area contributed by atoms with Crippen molar-refractivity contribution in [3.8, 4) is 6.07 Å². The van der Waals surface area contributed by atoms with Gasteiger partial charge in [-0.15, -0.1) is 0 Å². The number of hydrogen-bond donors (Lipinski definition) is 0. The largest absolute Gasteiger partial charge is 0.365 e. The van der Waals surface area contributed by atoms with E-state index in [0.29, 0.717) is 26.2 Å². The molecule has 2 aliphatic rings. The van der Waals surface area contributed by atoms with Crippen molar-refractivity contribution in [3.63, 3.8) is 0 Å². The Morgan fingerprint density at radius 2 is 2.12 bits per heavy atom. The van der Waals surface area contributed by atoms with Gasteiger partial charge in [0, 0.05) is 32.8 Å². The number of piperazine rings is 1. The molecule has 0 bridgehead atoms. The van der Waals surface area contributed by atoms with E-state index in [1.165, 1.54) is 0 Å². The van der Waals surface area contributed by atoms with Gasteiger partial charge in [0.25, 0.3) is 5.91 Å². The average Bonchev–Trinajstić information content (AvgIpc) is 2.78. The second kappa shape index (κ2) is 5.03. The normalized spacial score (nSPS) is 30.2. The Morgan fingerprint density at radius 1 is 1.41 bits per heavy atom. The molecule has 0 spiro atoms. The molecule has 0 aromatic rings. The molecule has 1 atom stereocenters. The molecule has 0 aliphatic carbocycles. The summed E-state index contributed by atoms with van der Waals surface area (Å²) in [5.41, 5.74) is -0.600. The van der Waals surface area contributed by atoms with E-state index in [-0.39, 0.29) is 5.91 Å². The third-order valence-electron chi connectivity index (χ3n) is 3.63. The van der Waals surface area contributed by atoms with E-state index in [9.17, 15) is 4.79 Å². The molecule has 0 aromatic carbocycles. The average molecular weight is 237 g/mol. The Bertz CT molecular complexity index is 323. The maximum atomic E-state index is 12.3. The zero-order chi connectivity index (χ0) is 12.3. The smallest absolute Gasteiger partial charge is 0.254 e. The van der Waals surface area contributed by atoms with Gasteiger partial charge < -0.3 is 9.64 Å². The topological polar surface area (TPSA) is 56.6 Å². The molecular weight excluding hydrogens is 218 g/mol. The second-order valence-corrected chi connectivity index (χ2v) is 4.91. The first-order valence-electron chi connectivity index (χ1n) is 6.18. The first-order chi connectivity index (χ1) is 8.15. The Balaban J connectivity index is 1.88. The minimum atomic E-state index is -0.600. The quantitative estimate of drug-likeness (QED) is 0.645. The molecule has 1 amide bonds. The fraction of sp³-hybridized carbons (Fsp3) is 0.833. The van der Waals surface area contributed by atoms with Gasteiger partial charge in [0.2, 0.25) is 0 Å². The van der Waals surface area contributed by atoms with Gasteiger partial charge in [0.15, 0.2) is 0 Å². The van der Waals surface area contributed by atoms with Gasteiger partial charge >= 0.3 is 0 Å². The van der Waals surface area contributed by atoms with Crippen molar-refractivity contribution in [2.75, 3.05) is 39.3 Å². The van der Waals surface area contributed by atoms with Gasteiger partial charge in [0.1, 0.15) is 5.60 Å². The molecule has 0 aromatic heterocycles. The molecule has 0 N–H and O–H groups in total. The van der Waals surface area contributed by atoms with Crippen molar-refractivity contribution in [3.05, 3.63) is 0 Å². The maximum absolute atomic E-state index is 12.3. The predicted octanol–water partition coefficient (Wildman–Crippen LogP) is 0.223. The van der Waals surface area contributed by atoms with Crippen LogP contribution in [0.1, 0.15) is 19.8 Å². The highest BCUT2D eigenvalue weighted by Gasteiger charge is 2.41. The third-order valence-corrected chi connectivity index (χ3v) is 3.63. The standard InChI is InChI=1S/C12H19N3O2/c1-12(3-2-10-17-12)11(16)15-8-6-14(5-4-13)7-9-15/h2-3,5-10H2,1H3. The summed E-state index contributed by atoms with van der Waals surface area (Å²) >= 11 is 0. The van der Waals surface area contributed by atoms with Crippen LogP contribution in [-0.4, -0.2) is 60.6 Å². The van der Waals surface area contributed by atoms with E-state index in [2.05, 4.69) is 11.0 Å². The molecule has 17 heavy (non-hydrogen) atoms. The number of carbonyl (C=O) groups excluding carboxylic acids is 1. The fourth-order valence-corrected chi connectivity index (χ4v) is 2.49. The highest BCUT2D eigenvalue weighted by atomic mass is 16.5.